The van der Waals surface area contributed by atoms with E-state index in [0.29, 0.717) is 19.4 Å². The van der Waals surface area contributed by atoms with Crippen LogP contribution in [0.3, 0.4) is 0 Å². The minimum absolute atomic E-state index is 0.152. The minimum Gasteiger partial charge on any atom is -0.392 e. The molecular formula is C9H21N3O3S2. The quantitative estimate of drug-likeness (QED) is 0.406. The predicted molar refractivity (Wildman–Crippen MR) is 72.0 cm³/mol. The van der Waals surface area contributed by atoms with E-state index in [4.69, 9.17) is 22.7 Å². The number of nitrogens with two attached hydrogens (primary N) is 1. The highest BCUT2D eigenvalue weighted by Crippen LogP contribution is 2.16. The molecule has 0 atom stereocenters. The Kier molecular flexibility index (Phi) is 7.10. The highest BCUT2D eigenvalue weighted by Gasteiger charge is 2.33. The van der Waals surface area contributed by atoms with E-state index in [1.807, 2.05) is 13.8 Å². The molecule has 0 aromatic heterocycles. The highest BCUT2D eigenvalue weighted by atomic mass is 32.2. The first-order valence-corrected chi connectivity index (χ1v) is 7.30. The Balaban J connectivity index is 4.70. The van der Waals surface area contributed by atoms with E-state index in [-0.39, 0.29) is 11.5 Å². The van der Waals surface area contributed by atoms with E-state index in [0.717, 1.165) is 0 Å². The molecule has 0 heterocycles. The molecule has 0 aliphatic rings. The molecule has 0 fully saturated rings. The van der Waals surface area contributed by atoms with Crippen LogP contribution in [-0.2, 0) is 14.9 Å². The summed E-state index contributed by atoms with van der Waals surface area (Å²) in [5.74, 6) is 0. The third-order valence-electron chi connectivity index (χ3n) is 2.61. The van der Waals surface area contributed by atoms with Crippen molar-refractivity contribution in [2.75, 3.05) is 20.3 Å². The van der Waals surface area contributed by atoms with E-state index < -0.39 is 15.7 Å². The van der Waals surface area contributed by atoms with Gasteiger partial charge in [0.1, 0.15) is 0 Å². The number of nitrogens with one attached hydrogen (secondary N) is 2. The summed E-state index contributed by atoms with van der Waals surface area (Å²) in [5, 5.41) is 0. The number of rotatable bonds is 9. The summed E-state index contributed by atoms with van der Waals surface area (Å²) >= 11 is 4.93. The second-order valence-corrected chi connectivity index (χ2v) is 5.59. The summed E-state index contributed by atoms with van der Waals surface area (Å²) < 4.78 is 33.1. The second-order valence-electron chi connectivity index (χ2n) is 3.65. The first-order valence-electron chi connectivity index (χ1n) is 5.41. The Morgan fingerprint density at radius 1 is 1.41 bits per heavy atom. The van der Waals surface area contributed by atoms with Crippen molar-refractivity contribution >= 4 is 27.4 Å². The van der Waals surface area contributed by atoms with Crippen LogP contribution in [-0.4, -0.2) is 39.2 Å². The van der Waals surface area contributed by atoms with Gasteiger partial charge in [0.25, 0.3) is 10.2 Å². The molecule has 0 aromatic rings. The van der Waals surface area contributed by atoms with E-state index in [1.54, 1.807) is 0 Å². The van der Waals surface area contributed by atoms with Gasteiger partial charge in [-0.25, -0.2) is 0 Å². The summed E-state index contributed by atoms with van der Waals surface area (Å²) in [6, 6.07) is 0. The Morgan fingerprint density at radius 3 is 2.29 bits per heavy atom. The third kappa shape index (κ3) is 5.26. The number of hydrogen-bond acceptors (Lipinski definition) is 4. The van der Waals surface area contributed by atoms with Gasteiger partial charge in [-0.3, -0.25) is 0 Å². The van der Waals surface area contributed by atoms with Gasteiger partial charge < -0.3 is 10.5 Å². The first kappa shape index (κ1) is 16.7. The van der Waals surface area contributed by atoms with Crippen molar-refractivity contribution in [2.45, 2.75) is 32.2 Å². The molecule has 6 nitrogen and oxygen atoms in total. The van der Waals surface area contributed by atoms with Gasteiger partial charge in [0.05, 0.1) is 17.1 Å². The monoisotopic (exact) mass is 283 g/mol. The van der Waals surface area contributed by atoms with Crippen molar-refractivity contribution in [2.24, 2.45) is 5.73 Å². The van der Waals surface area contributed by atoms with Crippen molar-refractivity contribution in [1.82, 2.24) is 9.44 Å². The van der Waals surface area contributed by atoms with Crippen LogP contribution < -0.4 is 15.2 Å². The minimum atomic E-state index is -3.63. The molecule has 0 rings (SSSR count). The zero-order chi connectivity index (χ0) is 13.5. The van der Waals surface area contributed by atoms with Crippen LogP contribution in [0.4, 0.5) is 0 Å². The maximum absolute atomic E-state index is 11.8. The second kappa shape index (κ2) is 7.22. The standard InChI is InChI=1S/C9H21N3O3S2/c1-4-9(5-2,8(10)16)12-17(13,14)11-6-7-15-3/h11-12H,4-7H2,1-3H3,(H2,10,16). The first-order chi connectivity index (χ1) is 7.83. The average molecular weight is 283 g/mol. The molecular weight excluding hydrogens is 262 g/mol. The lowest BCUT2D eigenvalue weighted by molar-refractivity contribution is 0.204. The fourth-order valence-corrected chi connectivity index (χ4v) is 3.11. The van der Waals surface area contributed by atoms with E-state index in [2.05, 4.69) is 9.44 Å². The Morgan fingerprint density at radius 2 is 1.94 bits per heavy atom. The topological polar surface area (TPSA) is 93.5 Å². The molecule has 102 valence electrons. The van der Waals surface area contributed by atoms with Crippen molar-refractivity contribution < 1.29 is 13.2 Å². The zero-order valence-corrected chi connectivity index (χ0v) is 12.1. The van der Waals surface area contributed by atoms with Gasteiger partial charge in [0.2, 0.25) is 0 Å². The van der Waals surface area contributed by atoms with E-state index in [1.165, 1.54) is 7.11 Å². The maximum Gasteiger partial charge on any atom is 0.277 e. The lowest BCUT2D eigenvalue weighted by atomic mass is 9.94. The van der Waals surface area contributed by atoms with Crippen LogP contribution in [0.1, 0.15) is 26.7 Å². The number of methoxy groups -OCH3 is 1. The SMILES string of the molecule is CCC(CC)(NS(=O)(=O)NCCOC)C(N)=S. The fraction of sp³-hybridized carbons (Fsp3) is 0.889. The van der Waals surface area contributed by atoms with Gasteiger partial charge in [-0.05, 0) is 12.8 Å². The van der Waals surface area contributed by atoms with Crippen molar-refractivity contribution in [1.29, 1.82) is 0 Å². The van der Waals surface area contributed by atoms with Crippen molar-refractivity contribution in [3.05, 3.63) is 0 Å². The molecule has 0 aliphatic carbocycles. The number of thiocarbonyl (C=S) groups is 1. The molecule has 4 N–H and O–H groups in total. The van der Waals surface area contributed by atoms with Crippen LogP contribution in [0.15, 0.2) is 0 Å². The summed E-state index contributed by atoms with van der Waals surface area (Å²) in [6.07, 6.45) is 1.01. The third-order valence-corrected chi connectivity index (χ3v) is 4.24. The summed E-state index contributed by atoms with van der Waals surface area (Å²) in [7, 11) is -2.13. The molecule has 0 saturated carbocycles. The largest absolute Gasteiger partial charge is 0.392 e. The van der Waals surface area contributed by atoms with Gasteiger partial charge in [0.15, 0.2) is 0 Å². The molecule has 0 spiro atoms. The normalized spacial score (nSPS) is 12.6. The molecule has 8 heteroatoms. The summed E-state index contributed by atoms with van der Waals surface area (Å²) in [6.45, 7) is 4.17. The molecule has 0 radical (unpaired) electrons. The molecule has 0 aliphatic heterocycles. The van der Waals surface area contributed by atoms with Crippen LogP contribution in [0, 0.1) is 0 Å². The molecule has 0 aromatic carbocycles. The van der Waals surface area contributed by atoms with Crippen LogP contribution in [0.5, 0.6) is 0 Å². The van der Waals surface area contributed by atoms with E-state index in [9.17, 15) is 8.42 Å². The molecule has 0 unspecified atom stereocenters. The lowest BCUT2D eigenvalue weighted by Crippen LogP contribution is -2.58. The Hall–Kier alpha value is -0.280. The average Bonchev–Trinajstić information content (AvgIpc) is 2.26. The van der Waals surface area contributed by atoms with Gasteiger partial charge in [-0.15, -0.1) is 0 Å². The highest BCUT2D eigenvalue weighted by molar-refractivity contribution is 7.87. The number of ether oxygens (including phenoxy) is 1. The summed E-state index contributed by atoms with van der Waals surface area (Å²) in [5.41, 5.74) is 4.74. The Bertz CT molecular complexity index is 339. The van der Waals surface area contributed by atoms with Crippen LogP contribution in [0.25, 0.3) is 0 Å². The van der Waals surface area contributed by atoms with Crippen molar-refractivity contribution in [3.8, 4) is 0 Å². The van der Waals surface area contributed by atoms with Gasteiger partial charge in [0, 0.05) is 13.7 Å². The molecule has 0 amide bonds. The van der Waals surface area contributed by atoms with Gasteiger partial charge in [-0.2, -0.15) is 17.9 Å². The predicted octanol–water partition coefficient (Wildman–Crippen LogP) is -0.0983. The van der Waals surface area contributed by atoms with Crippen LogP contribution in [0.2, 0.25) is 0 Å². The van der Waals surface area contributed by atoms with Crippen LogP contribution >= 0.6 is 12.2 Å². The zero-order valence-electron chi connectivity index (χ0n) is 10.4. The smallest absolute Gasteiger partial charge is 0.277 e. The van der Waals surface area contributed by atoms with Gasteiger partial charge in [-0.1, -0.05) is 26.1 Å². The molecule has 0 bridgehead atoms. The van der Waals surface area contributed by atoms with Gasteiger partial charge >= 0.3 is 0 Å². The molecule has 0 saturated heterocycles. The Labute approximate surface area is 108 Å². The van der Waals surface area contributed by atoms with Crippen molar-refractivity contribution in [3.63, 3.8) is 0 Å². The number of hydrogen-bond donors (Lipinski definition) is 3. The molecule has 17 heavy (non-hydrogen) atoms. The maximum atomic E-state index is 11.8. The lowest BCUT2D eigenvalue weighted by Gasteiger charge is -2.31. The summed E-state index contributed by atoms with van der Waals surface area (Å²) in [4.78, 5) is 0.152. The fourth-order valence-electron chi connectivity index (χ4n) is 1.36. The van der Waals surface area contributed by atoms with E-state index >= 15 is 0 Å².